The van der Waals surface area contributed by atoms with Gasteiger partial charge in [0, 0.05) is 44.9 Å². The van der Waals surface area contributed by atoms with E-state index in [4.69, 9.17) is 0 Å². The molecule has 0 radical (unpaired) electrons. The van der Waals surface area contributed by atoms with Crippen LogP contribution in [-0.2, 0) is 4.79 Å². The second-order valence-corrected chi connectivity index (χ2v) is 7.44. The lowest BCUT2D eigenvalue weighted by Gasteiger charge is -2.35. The summed E-state index contributed by atoms with van der Waals surface area (Å²) < 4.78 is 0. The van der Waals surface area contributed by atoms with Crippen LogP contribution in [0.3, 0.4) is 0 Å². The van der Waals surface area contributed by atoms with Crippen molar-refractivity contribution in [2.24, 2.45) is 11.8 Å². The molecular weight excluding hydrogens is 302 g/mol. The predicted molar refractivity (Wildman–Crippen MR) is 96.2 cm³/mol. The fourth-order valence-corrected chi connectivity index (χ4v) is 3.40. The second-order valence-electron chi connectivity index (χ2n) is 7.44. The lowest BCUT2D eigenvalue weighted by molar-refractivity contribution is -0.133. The maximum absolute atomic E-state index is 12.7. The van der Waals surface area contributed by atoms with Crippen molar-refractivity contribution in [1.82, 2.24) is 14.9 Å². The molecule has 1 aliphatic carbocycles. The maximum atomic E-state index is 12.7. The highest BCUT2D eigenvalue weighted by Crippen LogP contribution is 2.32. The summed E-state index contributed by atoms with van der Waals surface area (Å²) >= 11 is 0. The summed E-state index contributed by atoms with van der Waals surface area (Å²) in [6, 6.07) is 2.26. The third-order valence-electron chi connectivity index (χ3n) is 5.03. The SMILES string of the molecule is CNc1nc(C)cc(N2CCC(=O)N(CC3CC3)[C@H](C(C)C)C2)n1. The average Bonchev–Trinajstić information content (AvgIpc) is 3.36. The van der Waals surface area contributed by atoms with Gasteiger partial charge in [0.05, 0.1) is 6.04 Å². The molecule has 1 aromatic rings. The molecule has 24 heavy (non-hydrogen) atoms. The van der Waals surface area contributed by atoms with Crippen LogP contribution >= 0.6 is 0 Å². The number of rotatable bonds is 5. The molecule has 0 spiro atoms. The van der Waals surface area contributed by atoms with E-state index in [2.05, 4.69) is 38.9 Å². The van der Waals surface area contributed by atoms with Crippen LogP contribution < -0.4 is 10.2 Å². The lowest BCUT2D eigenvalue weighted by Crippen LogP contribution is -2.47. The minimum absolute atomic E-state index is 0.244. The Bertz CT molecular complexity index is 599. The van der Waals surface area contributed by atoms with Crippen LogP contribution in [0.2, 0.25) is 0 Å². The zero-order chi connectivity index (χ0) is 17.3. The number of aromatic nitrogens is 2. The molecule has 0 bridgehead atoms. The molecule has 2 aliphatic rings. The van der Waals surface area contributed by atoms with Crippen molar-refractivity contribution < 1.29 is 4.79 Å². The zero-order valence-corrected chi connectivity index (χ0v) is 15.2. The predicted octanol–water partition coefficient (Wildman–Crippen LogP) is 2.30. The van der Waals surface area contributed by atoms with E-state index in [1.165, 1.54) is 12.8 Å². The Morgan fingerprint density at radius 1 is 1.33 bits per heavy atom. The van der Waals surface area contributed by atoms with Gasteiger partial charge in [-0.25, -0.2) is 4.98 Å². The molecule has 2 fully saturated rings. The summed E-state index contributed by atoms with van der Waals surface area (Å²) in [5.74, 6) is 3.00. The maximum Gasteiger partial charge on any atom is 0.224 e. The molecule has 1 amide bonds. The second kappa shape index (κ2) is 6.95. The van der Waals surface area contributed by atoms with Gasteiger partial charge in [-0.05, 0) is 31.6 Å². The summed E-state index contributed by atoms with van der Waals surface area (Å²) in [7, 11) is 1.83. The van der Waals surface area contributed by atoms with Gasteiger partial charge in [-0.1, -0.05) is 13.8 Å². The molecule has 1 aromatic heterocycles. The fraction of sp³-hybridized carbons (Fsp3) is 0.722. The van der Waals surface area contributed by atoms with Crippen LogP contribution in [-0.4, -0.2) is 53.5 Å². The topological polar surface area (TPSA) is 61.4 Å². The van der Waals surface area contributed by atoms with E-state index in [-0.39, 0.29) is 6.04 Å². The molecule has 1 aliphatic heterocycles. The first-order chi connectivity index (χ1) is 11.5. The Balaban J connectivity index is 1.85. The summed E-state index contributed by atoms with van der Waals surface area (Å²) in [6.45, 7) is 8.91. The van der Waals surface area contributed by atoms with Crippen molar-refractivity contribution in [1.29, 1.82) is 0 Å². The third kappa shape index (κ3) is 3.79. The van der Waals surface area contributed by atoms with E-state index >= 15 is 0 Å². The van der Waals surface area contributed by atoms with Gasteiger partial charge in [0.1, 0.15) is 5.82 Å². The van der Waals surface area contributed by atoms with Crippen molar-refractivity contribution in [3.63, 3.8) is 0 Å². The Hall–Kier alpha value is -1.85. The monoisotopic (exact) mass is 331 g/mol. The first-order valence-electron chi connectivity index (χ1n) is 9.05. The fourth-order valence-electron chi connectivity index (χ4n) is 3.40. The first-order valence-corrected chi connectivity index (χ1v) is 9.05. The molecule has 6 nitrogen and oxygen atoms in total. The number of nitrogens with one attached hydrogen (secondary N) is 1. The molecule has 3 rings (SSSR count). The minimum Gasteiger partial charge on any atom is -0.357 e. The number of nitrogens with zero attached hydrogens (tertiary/aromatic N) is 4. The highest BCUT2D eigenvalue weighted by atomic mass is 16.2. The molecule has 1 saturated heterocycles. The molecule has 132 valence electrons. The molecule has 0 aromatic carbocycles. The summed E-state index contributed by atoms with van der Waals surface area (Å²) in [4.78, 5) is 26.1. The molecule has 1 N–H and O–H groups in total. The Morgan fingerprint density at radius 2 is 2.08 bits per heavy atom. The minimum atomic E-state index is 0.244. The molecule has 1 atom stereocenters. The van der Waals surface area contributed by atoms with Crippen LogP contribution in [0.25, 0.3) is 0 Å². The van der Waals surface area contributed by atoms with Gasteiger partial charge in [-0.2, -0.15) is 4.98 Å². The van der Waals surface area contributed by atoms with Crippen molar-refractivity contribution in [2.75, 3.05) is 36.9 Å². The van der Waals surface area contributed by atoms with Crippen molar-refractivity contribution in [2.45, 2.75) is 46.1 Å². The van der Waals surface area contributed by atoms with Crippen LogP contribution in [0.15, 0.2) is 6.07 Å². The van der Waals surface area contributed by atoms with E-state index in [0.29, 0.717) is 24.2 Å². The van der Waals surface area contributed by atoms with E-state index < -0.39 is 0 Å². The van der Waals surface area contributed by atoms with E-state index in [1.807, 2.05) is 20.0 Å². The van der Waals surface area contributed by atoms with Gasteiger partial charge < -0.3 is 15.1 Å². The van der Waals surface area contributed by atoms with Crippen LogP contribution in [0.5, 0.6) is 0 Å². The number of anilines is 2. The Labute approximate surface area is 144 Å². The van der Waals surface area contributed by atoms with Gasteiger partial charge in [-0.15, -0.1) is 0 Å². The largest absolute Gasteiger partial charge is 0.357 e. The number of hydrogen-bond donors (Lipinski definition) is 1. The number of carbonyl (C=O) groups excluding carboxylic acids is 1. The highest BCUT2D eigenvalue weighted by Gasteiger charge is 2.35. The number of carbonyl (C=O) groups is 1. The number of aryl methyl sites for hydroxylation is 1. The molecule has 6 heteroatoms. The highest BCUT2D eigenvalue weighted by molar-refractivity contribution is 5.78. The quantitative estimate of drug-likeness (QED) is 0.897. The van der Waals surface area contributed by atoms with Crippen LogP contribution in [0.1, 0.15) is 38.8 Å². The number of amides is 1. The third-order valence-corrected chi connectivity index (χ3v) is 5.03. The Morgan fingerprint density at radius 3 is 2.71 bits per heavy atom. The van der Waals surface area contributed by atoms with Crippen LogP contribution in [0, 0.1) is 18.8 Å². The summed E-state index contributed by atoms with van der Waals surface area (Å²) in [5.41, 5.74) is 0.941. The average molecular weight is 331 g/mol. The van der Waals surface area contributed by atoms with Gasteiger partial charge in [-0.3, -0.25) is 4.79 Å². The molecule has 2 heterocycles. The van der Waals surface area contributed by atoms with Gasteiger partial charge in [0.25, 0.3) is 0 Å². The summed E-state index contributed by atoms with van der Waals surface area (Å²) in [6.07, 6.45) is 3.11. The van der Waals surface area contributed by atoms with Crippen molar-refractivity contribution in [3.8, 4) is 0 Å². The molecule has 0 unspecified atom stereocenters. The Kier molecular flexibility index (Phi) is 4.92. The van der Waals surface area contributed by atoms with E-state index in [0.717, 1.165) is 37.1 Å². The number of hydrogen-bond acceptors (Lipinski definition) is 5. The van der Waals surface area contributed by atoms with E-state index in [1.54, 1.807) is 0 Å². The zero-order valence-electron chi connectivity index (χ0n) is 15.2. The lowest BCUT2D eigenvalue weighted by atomic mass is 10.0. The van der Waals surface area contributed by atoms with Gasteiger partial charge >= 0.3 is 0 Å². The molecular formula is C18H29N5O. The smallest absolute Gasteiger partial charge is 0.224 e. The standard InChI is InChI=1S/C18H29N5O/c1-12(2)15-11-22(16-9-13(3)20-18(19-4)21-16)8-7-17(24)23(15)10-14-5-6-14/h9,12,14-15H,5-8,10-11H2,1-4H3,(H,19,20,21)/t15-/m0/s1. The molecule has 1 saturated carbocycles. The first kappa shape index (κ1) is 17.0. The van der Waals surface area contributed by atoms with Crippen molar-refractivity contribution in [3.05, 3.63) is 11.8 Å². The van der Waals surface area contributed by atoms with Crippen LogP contribution in [0.4, 0.5) is 11.8 Å². The van der Waals surface area contributed by atoms with Gasteiger partial charge in [0.15, 0.2) is 0 Å². The van der Waals surface area contributed by atoms with Crippen molar-refractivity contribution >= 4 is 17.7 Å². The van der Waals surface area contributed by atoms with E-state index in [9.17, 15) is 4.79 Å². The normalized spacial score (nSPS) is 22.0. The summed E-state index contributed by atoms with van der Waals surface area (Å²) in [5, 5.41) is 3.02. The van der Waals surface area contributed by atoms with Gasteiger partial charge in [0.2, 0.25) is 11.9 Å².